The van der Waals surface area contributed by atoms with Gasteiger partial charge in [0.2, 0.25) is 0 Å². The van der Waals surface area contributed by atoms with Gasteiger partial charge in [-0.3, -0.25) is 0 Å². The maximum atomic E-state index is 3.94. The maximum Gasteiger partial charge on any atom is 0.0162 e. The summed E-state index contributed by atoms with van der Waals surface area (Å²) in [5.74, 6) is 0. The smallest absolute Gasteiger partial charge is 0.0162 e. The van der Waals surface area contributed by atoms with Gasteiger partial charge in [0.1, 0.15) is 0 Å². The highest BCUT2D eigenvalue weighted by Crippen LogP contribution is 2.52. The summed E-state index contributed by atoms with van der Waals surface area (Å²) < 4.78 is 0. The molecule has 0 unspecified atom stereocenters. The first-order chi connectivity index (χ1) is 12.1. The molecule has 0 spiro atoms. The Balaban J connectivity index is 1.84. The highest BCUT2D eigenvalue weighted by Gasteiger charge is 2.44. The Hall–Kier alpha value is -2.34. The van der Waals surface area contributed by atoms with Gasteiger partial charge in [-0.1, -0.05) is 86.7 Å². The summed E-state index contributed by atoms with van der Waals surface area (Å²) in [6.07, 6.45) is 14.5. The minimum Gasteiger partial charge on any atom is -0.103 e. The van der Waals surface area contributed by atoms with Gasteiger partial charge in [0, 0.05) is 10.8 Å². The van der Waals surface area contributed by atoms with E-state index in [4.69, 9.17) is 0 Å². The second kappa shape index (κ2) is 5.88. The van der Waals surface area contributed by atoms with E-state index in [-0.39, 0.29) is 10.8 Å². The Labute approximate surface area is 151 Å². The van der Waals surface area contributed by atoms with E-state index in [0.29, 0.717) is 0 Å². The highest BCUT2D eigenvalue weighted by molar-refractivity contribution is 5.78. The van der Waals surface area contributed by atoms with Crippen molar-refractivity contribution < 1.29 is 0 Å². The molecule has 0 atom stereocenters. The minimum atomic E-state index is 0.0346. The monoisotopic (exact) mass is 326 g/mol. The van der Waals surface area contributed by atoms with E-state index in [9.17, 15) is 0 Å². The van der Waals surface area contributed by atoms with E-state index in [1.54, 1.807) is 0 Å². The second-order valence-corrected chi connectivity index (χ2v) is 7.88. The van der Waals surface area contributed by atoms with Crippen molar-refractivity contribution >= 4 is 0 Å². The summed E-state index contributed by atoms with van der Waals surface area (Å²) >= 11 is 0. The molecular formula is C25H26. The van der Waals surface area contributed by atoms with Gasteiger partial charge in [-0.15, -0.1) is 6.58 Å². The van der Waals surface area contributed by atoms with E-state index >= 15 is 0 Å². The van der Waals surface area contributed by atoms with Crippen molar-refractivity contribution in [1.82, 2.24) is 0 Å². The van der Waals surface area contributed by atoms with Gasteiger partial charge < -0.3 is 0 Å². The number of fused-ring (bicyclic) bond motifs is 3. The zero-order valence-corrected chi connectivity index (χ0v) is 15.3. The zero-order valence-electron chi connectivity index (χ0n) is 15.3. The molecule has 25 heavy (non-hydrogen) atoms. The molecule has 0 amide bonds. The second-order valence-electron chi connectivity index (χ2n) is 7.88. The Morgan fingerprint density at radius 2 is 1.72 bits per heavy atom. The van der Waals surface area contributed by atoms with E-state index in [1.165, 1.54) is 27.8 Å². The van der Waals surface area contributed by atoms with Crippen LogP contribution in [0.3, 0.4) is 0 Å². The van der Waals surface area contributed by atoms with Crippen LogP contribution in [0.25, 0.3) is 11.1 Å². The van der Waals surface area contributed by atoms with Crippen molar-refractivity contribution in [2.45, 2.75) is 38.5 Å². The van der Waals surface area contributed by atoms with Crippen molar-refractivity contribution in [3.8, 4) is 11.1 Å². The van der Waals surface area contributed by atoms with Crippen LogP contribution in [0.4, 0.5) is 0 Å². The molecule has 126 valence electrons. The Kier molecular flexibility index (Phi) is 3.80. The number of benzene rings is 2. The lowest BCUT2D eigenvalue weighted by molar-refractivity contribution is 0.265. The van der Waals surface area contributed by atoms with Crippen molar-refractivity contribution in [2.75, 3.05) is 0 Å². The van der Waals surface area contributed by atoms with E-state index in [1.807, 2.05) is 6.08 Å². The van der Waals surface area contributed by atoms with Crippen molar-refractivity contribution in [3.05, 3.63) is 96.1 Å². The fourth-order valence-corrected chi connectivity index (χ4v) is 4.74. The van der Waals surface area contributed by atoms with Gasteiger partial charge in [-0.05, 0) is 47.1 Å². The highest BCUT2D eigenvalue weighted by atomic mass is 14.5. The van der Waals surface area contributed by atoms with E-state index in [0.717, 1.165) is 19.3 Å². The Bertz CT molecular complexity index is 865. The summed E-state index contributed by atoms with van der Waals surface area (Å²) in [7, 11) is 0. The molecule has 2 aliphatic carbocycles. The first-order valence-electron chi connectivity index (χ1n) is 9.28. The van der Waals surface area contributed by atoms with Crippen LogP contribution in [0, 0.1) is 5.41 Å². The molecule has 0 bridgehead atoms. The lowest BCUT2D eigenvalue weighted by atomic mass is 9.59. The quantitative estimate of drug-likeness (QED) is 0.462. The van der Waals surface area contributed by atoms with Crippen LogP contribution in [0.1, 0.15) is 43.4 Å². The normalized spacial score (nSPS) is 16.7. The number of allylic oxidation sites excluding steroid dienone is 5. The van der Waals surface area contributed by atoms with Crippen LogP contribution in [0.2, 0.25) is 0 Å². The van der Waals surface area contributed by atoms with Gasteiger partial charge >= 0.3 is 0 Å². The zero-order chi connectivity index (χ0) is 17.5. The number of rotatable bonds is 5. The topological polar surface area (TPSA) is 0 Å². The van der Waals surface area contributed by atoms with Crippen LogP contribution in [-0.2, 0) is 11.8 Å². The molecular weight excluding hydrogens is 300 g/mol. The molecule has 0 heterocycles. The molecule has 0 heteroatoms. The predicted octanol–water partition coefficient (Wildman–Crippen LogP) is 6.61. The summed E-state index contributed by atoms with van der Waals surface area (Å²) in [6, 6.07) is 15.7. The molecule has 0 saturated heterocycles. The van der Waals surface area contributed by atoms with Gasteiger partial charge in [0.25, 0.3) is 0 Å². The maximum absolute atomic E-state index is 3.94. The van der Waals surface area contributed by atoms with Crippen LogP contribution in [0.15, 0.2) is 79.4 Å². The molecule has 2 aromatic carbocycles. The summed E-state index contributed by atoms with van der Waals surface area (Å²) in [4.78, 5) is 0. The number of hydrogen-bond acceptors (Lipinski definition) is 0. The lowest BCUT2D eigenvalue weighted by Gasteiger charge is -2.43. The molecule has 0 nitrogen and oxygen atoms in total. The molecule has 0 fully saturated rings. The number of hydrogen-bond donors (Lipinski definition) is 0. The average molecular weight is 326 g/mol. The van der Waals surface area contributed by atoms with Gasteiger partial charge in [-0.25, -0.2) is 0 Å². The van der Waals surface area contributed by atoms with E-state index in [2.05, 4.69) is 87.2 Å². The molecule has 2 aromatic rings. The van der Waals surface area contributed by atoms with Gasteiger partial charge in [0.15, 0.2) is 0 Å². The van der Waals surface area contributed by atoms with Crippen molar-refractivity contribution in [2.24, 2.45) is 5.41 Å². The molecule has 2 aliphatic rings. The summed E-state index contributed by atoms with van der Waals surface area (Å²) in [5, 5.41) is 0. The van der Waals surface area contributed by atoms with Crippen LogP contribution >= 0.6 is 0 Å². The standard InChI is InChI=1S/C25H26/c1-4-5-15-25(16-8-9-17-25)24(2,3)23-14-10-13-21-20-12-7-6-11-19(20)18-22(21)23/h4,6-14,16-17H,1,5,15,18H2,2-3H3. The molecule has 4 rings (SSSR count). The largest absolute Gasteiger partial charge is 0.103 e. The third-order valence-corrected chi connectivity index (χ3v) is 6.35. The molecule has 0 N–H and O–H groups in total. The fraction of sp³-hybridized carbons (Fsp3) is 0.280. The summed E-state index contributed by atoms with van der Waals surface area (Å²) in [6.45, 7) is 8.77. The Morgan fingerprint density at radius 3 is 2.48 bits per heavy atom. The third kappa shape index (κ3) is 2.35. The van der Waals surface area contributed by atoms with Gasteiger partial charge in [0.05, 0.1) is 0 Å². The van der Waals surface area contributed by atoms with E-state index < -0.39 is 0 Å². The van der Waals surface area contributed by atoms with Crippen LogP contribution < -0.4 is 0 Å². The molecule has 0 aromatic heterocycles. The first kappa shape index (κ1) is 16.1. The Morgan fingerprint density at radius 1 is 1.00 bits per heavy atom. The first-order valence-corrected chi connectivity index (χ1v) is 9.28. The SMILES string of the molecule is C=CCCC1(C(C)(C)c2cccc3c2Cc2ccccc2-3)C=CC=C1. The van der Waals surface area contributed by atoms with Crippen LogP contribution in [-0.4, -0.2) is 0 Å². The minimum absolute atomic E-state index is 0.0346. The van der Waals surface area contributed by atoms with Crippen molar-refractivity contribution in [3.63, 3.8) is 0 Å². The molecule has 0 saturated carbocycles. The fourth-order valence-electron chi connectivity index (χ4n) is 4.74. The third-order valence-electron chi connectivity index (χ3n) is 6.35. The van der Waals surface area contributed by atoms with Crippen LogP contribution in [0.5, 0.6) is 0 Å². The summed E-state index contributed by atoms with van der Waals surface area (Å²) in [5.41, 5.74) is 7.39. The molecule has 0 radical (unpaired) electrons. The molecule has 0 aliphatic heterocycles. The van der Waals surface area contributed by atoms with Crippen molar-refractivity contribution in [1.29, 1.82) is 0 Å². The average Bonchev–Trinajstić information content (AvgIpc) is 3.25. The lowest BCUT2D eigenvalue weighted by Crippen LogP contribution is -2.38. The van der Waals surface area contributed by atoms with Gasteiger partial charge in [-0.2, -0.15) is 0 Å². The predicted molar refractivity (Wildman–Crippen MR) is 108 cm³/mol.